The predicted octanol–water partition coefficient (Wildman–Crippen LogP) is 11.6. The zero-order valence-corrected chi connectivity index (χ0v) is 35.0. The highest BCUT2D eigenvalue weighted by Gasteiger charge is 2.28. The largest absolute Gasteiger partial charge is 0.472 e. The highest BCUT2D eigenvalue weighted by molar-refractivity contribution is 7.47. The number of phosphoric ester groups is 1. The van der Waals surface area contributed by atoms with Crippen LogP contribution in [0.4, 0.5) is 0 Å². The van der Waals surface area contributed by atoms with Crippen LogP contribution in [0.15, 0.2) is 0 Å². The SMILES string of the molecule is CCCCCCCCCCCCCCCC(=O)OCC(C[N+](C)(C)CCOP(=O)(O)OCC)OC(=O)CCCCCCCCCCCCCCC. The Morgan fingerprint density at radius 1 is 0.569 bits per heavy atom. The lowest BCUT2D eigenvalue weighted by Crippen LogP contribution is -2.49. The van der Waals surface area contributed by atoms with Crippen molar-refractivity contribution in [3.8, 4) is 0 Å². The number of carbonyl (C=O) groups is 2. The highest BCUT2D eigenvalue weighted by atomic mass is 31.2. The second-order valence-corrected chi connectivity index (χ2v) is 16.8. The van der Waals surface area contributed by atoms with Gasteiger partial charge in [0.2, 0.25) is 0 Å². The van der Waals surface area contributed by atoms with Gasteiger partial charge in [-0.25, -0.2) is 4.57 Å². The molecule has 0 heterocycles. The van der Waals surface area contributed by atoms with Gasteiger partial charge in [0.15, 0.2) is 6.10 Å². The molecule has 0 aliphatic heterocycles. The number of ether oxygens (including phenoxy) is 2. The average Bonchev–Trinajstić information content (AvgIpc) is 3.07. The number of phosphoric acid groups is 1. The van der Waals surface area contributed by atoms with Crippen molar-refractivity contribution in [2.45, 2.75) is 207 Å². The summed E-state index contributed by atoms with van der Waals surface area (Å²) in [6, 6.07) is 0. The minimum absolute atomic E-state index is 0.000756. The fraction of sp³-hybridized carbons (Fsp3) is 0.951. The summed E-state index contributed by atoms with van der Waals surface area (Å²) < 4.78 is 33.6. The van der Waals surface area contributed by atoms with Crippen molar-refractivity contribution in [1.29, 1.82) is 0 Å². The number of likely N-dealkylation sites (N-methyl/N-ethyl adjacent to an activating group) is 1. The number of rotatable bonds is 39. The van der Waals surface area contributed by atoms with Gasteiger partial charge >= 0.3 is 19.8 Å². The minimum atomic E-state index is -4.09. The van der Waals surface area contributed by atoms with Crippen LogP contribution in [0.3, 0.4) is 0 Å². The van der Waals surface area contributed by atoms with E-state index in [9.17, 15) is 19.0 Å². The quantitative estimate of drug-likeness (QED) is 0.0286. The summed E-state index contributed by atoms with van der Waals surface area (Å²) in [6.45, 7) is 6.99. The monoisotopic (exact) mass is 749 g/mol. The number of esters is 2. The van der Waals surface area contributed by atoms with Crippen molar-refractivity contribution in [1.82, 2.24) is 0 Å². The molecule has 2 unspecified atom stereocenters. The van der Waals surface area contributed by atoms with E-state index in [1.165, 1.54) is 128 Å². The first kappa shape index (κ1) is 50.0. The van der Waals surface area contributed by atoms with Gasteiger partial charge in [-0.1, -0.05) is 168 Å². The molecular weight excluding hydrogens is 665 g/mol. The Bertz CT molecular complexity index is 856. The Morgan fingerprint density at radius 2 is 0.941 bits per heavy atom. The summed E-state index contributed by atoms with van der Waals surface area (Å²) in [5.74, 6) is -0.537. The Balaban J connectivity index is 4.47. The summed E-state index contributed by atoms with van der Waals surface area (Å²) in [5, 5.41) is 0. The average molecular weight is 749 g/mol. The molecule has 0 bridgehead atoms. The van der Waals surface area contributed by atoms with Gasteiger partial charge in [0.05, 0.1) is 20.7 Å². The molecule has 10 heteroatoms. The van der Waals surface area contributed by atoms with Gasteiger partial charge in [-0.15, -0.1) is 0 Å². The molecule has 0 aromatic carbocycles. The molecule has 0 aromatic heterocycles. The van der Waals surface area contributed by atoms with E-state index in [2.05, 4.69) is 13.8 Å². The number of nitrogens with zero attached hydrogens (tertiary/aromatic N) is 1. The first-order valence-electron chi connectivity index (χ1n) is 21.3. The minimum Gasteiger partial charge on any atom is -0.461 e. The van der Waals surface area contributed by atoms with Crippen LogP contribution in [0.2, 0.25) is 0 Å². The first-order chi connectivity index (χ1) is 24.5. The fourth-order valence-electron chi connectivity index (χ4n) is 6.45. The van der Waals surface area contributed by atoms with Crippen LogP contribution in [-0.4, -0.2) is 74.4 Å². The van der Waals surface area contributed by atoms with E-state index in [1.54, 1.807) is 6.92 Å². The molecule has 1 N–H and O–H groups in total. The zero-order chi connectivity index (χ0) is 37.9. The number of carbonyl (C=O) groups excluding carboxylic acids is 2. The summed E-state index contributed by atoms with van der Waals surface area (Å²) in [7, 11) is -0.238. The van der Waals surface area contributed by atoms with Crippen molar-refractivity contribution in [2.75, 3.05) is 47.0 Å². The summed E-state index contributed by atoms with van der Waals surface area (Å²) in [6.07, 6.45) is 32.5. The Labute approximate surface area is 314 Å². The van der Waals surface area contributed by atoms with Crippen LogP contribution in [0.1, 0.15) is 201 Å². The topological polar surface area (TPSA) is 108 Å². The van der Waals surface area contributed by atoms with Gasteiger partial charge in [-0.3, -0.25) is 18.6 Å². The van der Waals surface area contributed by atoms with Gasteiger partial charge < -0.3 is 18.9 Å². The van der Waals surface area contributed by atoms with E-state index in [-0.39, 0.29) is 31.8 Å². The maximum atomic E-state index is 12.8. The number of unbranched alkanes of at least 4 members (excludes halogenated alkanes) is 24. The Kier molecular flexibility index (Phi) is 34.1. The molecule has 9 nitrogen and oxygen atoms in total. The standard InChI is InChI=1S/C41H82NO8P/c1-6-9-11-13-15-17-19-21-23-25-27-29-31-33-40(43)47-38-39(37-42(4,5)35-36-49-51(45,46)48-8-3)50-41(44)34-32-30-28-26-24-22-20-18-16-14-12-10-7-2/h39H,6-38H2,1-5H3/p+1. The normalized spacial score (nSPS) is 13.6. The van der Waals surface area contributed by atoms with Crippen LogP contribution in [0, 0.1) is 0 Å². The van der Waals surface area contributed by atoms with Crippen molar-refractivity contribution < 1.29 is 42.1 Å². The molecule has 304 valence electrons. The second-order valence-electron chi connectivity index (χ2n) is 15.3. The lowest BCUT2D eigenvalue weighted by molar-refractivity contribution is -0.893. The molecule has 0 aromatic rings. The molecule has 51 heavy (non-hydrogen) atoms. The van der Waals surface area contributed by atoms with Crippen LogP contribution in [-0.2, 0) is 32.7 Å². The van der Waals surface area contributed by atoms with Crippen molar-refractivity contribution >= 4 is 19.8 Å². The lowest BCUT2D eigenvalue weighted by Gasteiger charge is -2.33. The van der Waals surface area contributed by atoms with E-state index in [0.717, 1.165) is 38.5 Å². The number of hydrogen-bond acceptors (Lipinski definition) is 7. The molecule has 0 fully saturated rings. The molecule has 0 amide bonds. The third-order valence-corrected chi connectivity index (χ3v) is 10.7. The first-order valence-corrected chi connectivity index (χ1v) is 22.8. The van der Waals surface area contributed by atoms with Crippen molar-refractivity contribution in [3.63, 3.8) is 0 Å². The molecule has 0 aliphatic rings. The number of hydrogen-bond donors (Lipinski definition) is 1. The summed E-state index contributed by atoms with van der Waals surface area (Å²) in [4.78, 5) is 35.2. The van der Waals surface area contributed by atoms with Crippen LogP contribution in [0.5, 0.6) is 0 Å². The fourth-order valence-corrected chi connectivity index (χ4v) is 7.16. The van der Waals surface area contributed by atoms with Crippen molar-refractivity contribution in [2.24, 2.45) is 0 Å². The molecular formula is C41H83NO8P+. The maximum Gasteiger partial charge on any atom is 0.472 e. The molecule has 0 saturated heterocycles. The van der Waals surface area contributed by atoms with Gasteiger partial charge in [0.1, 0.15) is 26.3 Å². The lowest BCUT2D eigenvalue weighted by atomic mass is 10.0. The van der Waals surface area contributed by atoms with Crippen molar-refractivity contribution in [3.05, 3.63) is 0 Å². The number of quaternary nitrogens is 1. The van der Waals surface area contributed by atoms with Crippen LogP contribution < -0.4 is 0 Å². The van der Waals surface area contributed by atoms with Crippen LogP contribution in [0.25, 0.3) is 0 Å². The summed E-state index contributed by atoms with van der Waals surface area (Å²) in [5.41, 5.74) is 0. The molecule has 0 radical (unpaired) electrons. The van der Waals surface area contributed by atoms with Crippen LogP contribution >= 0.6 is 7.82 Å². The molecule has 0 spiro atoms. The van der Waals surface area contributed by atoms with Gasteiger partial charge in [0, 0.05) is 12.8 Å². The Hall–Kier alpha value is -0.990. The summed E-state index contributed by atoms with van der Waals surface area (Å²) >= 11 is 0. The third kappa shape index (κ3) is 35.8. The van der Waals surface area contributed by atoms with E-state index in [0.29, 0.717) is 30.4 Å². The Morgan fingerprint density at radius 3 is 1.33 bits per heavy atom. The van der Waals surface area contributed by atoms with E-state index < -0.39 is 13.9 Å². The van der Waals surface area contributed by atoms with E-state index in [4.69, 9.17) is 18.5 Å². The maximum absolute atomic E-state index is 12.8. The highest BCUT2D eigenvalue weighted by Crippen LogP contribution is 2.42. The van der Waals surface area contributed by atoms with Gasteiger partial charge in [0.25, 0.3) is 0 Å². The van der Waals surface area contributed by atoms with Gasteiger partial charge in [-0.2, -0.15) is 0 Å². The van der Waals surface area contributed by atoms with E-state index in [1.807, 2.05) is 14.1 Å². The zero-order valence-electron chi connectivity index (χ0n) is 34.1. The van der Waals surface area contributed by atoms with Gasteiger partial charge in [-0.05, 0) is 19.8 Å². The van der Waals surface area contributed by atoms with E-state index >= 15 is 0 Å². The second kappa shape index (κ2) is 34.8. The molecule has 0 rings (SSSR count). The smallest absolute Gasteiger partial charge is 0.461 e. The predicted molar refractivity (Wildman–Crippen MR) is 211 cm³/mol. The molecule has 0 aliphatic carbocycles. The molecule has 2 atom stereocenters. The third-order valence-electron chi connectivity index (χ3n) is 9.64. The molecule has 0 saturated carbocycles.